The van der Waals surface area contributed by atoms with Crippen LogP contribution in [0.5, 0.6) is 0 Å². The Bertz CT molecular complexity index is 837. The Morgan fingerprint density at radius 1 is 1.04 bits per heavy atom. The van der Waals surface area contributed by atoms with Gasteiger partial charge in [0.15, 0.2) is 0 Å². The van der Waals surface area contributed by atoms with Gasteiger partial charge in [0, 0.05) is 11.6 Å². The van der Waals surface area contributed by atoms with Gasteiger partial charge in [0.05, 0.1) is 18.7 Å². The number of carbonyl (C=O) groups excluding carboxylic acids is 1. The zero-order valence-electron chi connectivity index (χ0n) is 15.1. The first kappa shape index (κ1) is 18.0. The Kier molecular flexibility index (Phi) is 5.87. The standard InChI is InChI=1S/C22H23NO3/c1-3-25-22(24)19-11-9-18(10-12-19)21-14-13-20(26-21)15-23-16(2)17-7-5-4-6-8-17/h4-14,16,23H,3,15H2,1-2H3/t16-/m1/s1. The molecule has 0 aliphatic heterocycles. The maximum Gasteiger partial charge on any atom is 0.338 e. The molecule has 3 aromatic rings. The number of furan rings is 1. The molecule has 0 fully saturated rings. The van der Waals surface area contributed by atoms with Crippen LogP contribution in [0.2, 0.25) is 0 Å². The summed E-state index contributed by atoms with van der Waals surface area (Å²) < 4.78 is 10.9. The highest BCUT2D eigenvalue weighted by Gasteiger charge is 2.10. The molecule has 2 aromatic carbocycles. The fraction of sp³-hybridized carbons (Fsp3) is 0.227. The summed E-state index contributed by atoms with van der Waals surface area (Å²) in [4.78, 5) is 11.7. The number of benzene rings is 2. The van der Waals surface area contributed by atoms with E-state index in [2.05, 4.69) is 24.4 Å². The number of ether oxygens (including phenoxy) is 1. The fourth-order valence-corrected chi connectivity index (χ4v) is 2.73. The van der Waals surface area contributed by atoms with Crippen molar-refractivity contribution in [3.63, 3.8) is 0 Å². The molecule has 0 spiro atoms. The zero-order chi connectivity index (χ0) is 18.4. The Balaban J connectivity index is 1.61. The lowest BCUT2D eigenvalue weighted by Crippen LogP contribution is -2.17. The second-order valence-electron chi connectivity index (χ2n) is 6.08. The van der Waals surface area contributed by atoms with Crippen molar-refractivity contribution in [2.45, 2.75) is 26.4 Å². The molecule has 26 heavy (non-hydrogen) atoms. The minimum atomic E-state index is -0.307. The van der Waals surface area contributed by atoms with Crippen molar-refractivity contribution in [2.24, 2.45) is 0 Å². The molecule has 1 aromatic heterocycles. The van der Waals surface area contributed by atoms with Crippen molar-refractivity contribution in [1.82, 2.24) is 5.32 Å². The third-order valence-electron chi connectivity index (χ3n) is 4.22. The van der Waals surface area contributed by atoms with Gasteiger partial charge in [0.25, 0.3) is 0 Å². The number of nitrogens with one attached hydrogen (secondary N) is 1. The van der Waals surface area contributed by atoms with E-state index in [4.69, 9.17) is 9.15 Å². The Labute approximate surface area is 153 Å². The van der Waals surface area contributed by atoms with E-state index < -0.39 is 0 Å². The van der Waals surface area contributed by atoms with Gasteiger partial charge in [-0.15, -0.1) is 0 Å². The molecule has 1 heterocycles. The predicted octanol–water partition coefficient (Wildman–Crippen LogP) is 4.97. The summed E-state index contributed by atoms with van der Waals surface area (Å²) >= 11 is 0. The van der Waals surface area contributed by atoms with E-state index in [1.807, 2.05) is 42.5 Å². The first-order valence-electron chi connectivity index (χ1n) is 8.82. The van der Waals surface area contributed by atoms with Gasteiger partial charge in [-0.1, -0.05) is 42.5 Å². The maximum atomic E-state index is 11.7. The summed E-state index contributed by atoms with van der Waals surface area (Å²) in [5, 5.41) is 3.46. The van der Waals surface area contributed by atoms with Crippen LogP contribution in [-0.4, -0.2) is 12.6 Å². The minimum Gasteiger partial charge on any atom is -0.462 e. The van der Waals surface area contributed by atoms with E-state index >= 15 is 0 Å². The van der Waals surface area contributed by atoms with Crippen LogP contribution in [0, 0.1) is 0 Å². The van der Waals surface area contributed by atoms with Crippen LogP contribution < -0.4 is 5.32 Å². The van der Waals surface area contributed by atoms with Gasteiger partial charge in [0.2, 0.25) is 0 Å². The van der Waals surface area contributed by atoms with E-state index in [9.17, 15) is 4.79 Å². The van der Waals surface area contributed by atoms with Crippen molar-refractivity contribution in [3.8, 4) is 11.3 Å². The van der Waals surface area contributed by atoms with E-state index in [1.165, 1.54) is 5.56 Å². The summed E-state index contributed by atoms with van der Waals surface area (Å²) in [6.45, 7) is 4.95. The van der Waals surface area contributed by atoms with Crippen LogP contribution in [0.1, 0.15) is 41.6 Å². The van der Waals surface area contributed by atoms with E-state index in [1.54, 1.807) is 19.1 Å². The van der Waals surface area contributed by atoms with Crippen LogP contribution in [0.3, 0.4) is 0 Å². The molecule has 0 unspecified atom stereocenters. The molecule has 0 aliphatic rings. The highest BCUT2D eigenvalue weighted by atomic mass is 16.5. The second-order valence-corrected chi connectivity index (χ2v) is 6.08. The lowest BCUT2D eigenvalue weighted by atomic mass is 10.1. The second kappa shape index (κ2) is 8.50. The van der Waals surface area contributed by atoms with Gasteiger partial charge in [0.1, 0.15) is 11.5 Å². The largest absolute Gasteiger partial charge is 0.462 e. The highest BCUT2D eigenvalue weighted by Crippen LogP contribution is 2.23. The topological polar surface area (TPSA) is 51.5 Å². The molecular weight excluding hydrogens is 326 g/mol. The van der Waals surface area contributed by atoms with Crippen molar-refractivity contribution >= 4 is 5.97 Å². The van der Waals surface area contributed by atoms with Gasteiger partial charge in [-0.25, -0.2) is 4.79 Å². The molecular formula is C22H23NO3. The molecule has 4 heteroatoms. The first-order chi connectivity index (χ1) is 12.7. The fourth-order valence-electron chi connectivity index (χ4n) is 2.73. The zero-order valence-corrected chi connectivity index (χ0v) is 15.1. The highest BCUT2D eigenvalue weighted by molar-refractivity contribution is 5.89. The molecule has 0 aliphatic carbocycles. The number of carbonyl (C=O) groups is 1. The van der Waals surface area contributed by atoms with Gasteiger partial charge in [-0.2, -0.15) is 0 Å². The lowest BCUT2D eigenvalue weighted by molar-refractivity contribution is 0.0526. The van der Waals surface area contributed by atoms with Crippen LogP contribution in [0.15, 0.2) is 71.1 Å². The molecule has 0 radical (unpaired) electrons. The molecule has 0 bridgehead atoms. The van der Waals surface area contributed by atoms with Crippen LogP contribution in [0.25, 0.3) is 11.3 Å². The van der Waals surface area contributed by atoms with Crippen molar-refractivity contribution in [2.75, 3.05) is 6.61 Å². The van der Waals surface area contributed by atoms with E-state index in [0.717, 1.165) is 17.1 Å². The van der Waals surface area contributed by atoms with E-state index in [0.29, 0.717) is 18.7 Å². The number of rotatable bonds is 7. The van der Waals surface area contributed by atoms with Gasteiger partial charge >= 0.3 is 5.97 Å². The number of esters is 1. The van der Waals surface area contributed by atoms with E-state index in [-0.39, 0.29) is 12.0 Å². The first-order valence-corrected chi connectivity index (χ1v) is 8.82. The van der Waals surface area contributed by atoms with Gasteiger partial charge in [-0.05, 0) is 43.7 Å². The number of hydrogen-bond donors (Lipinski definition) is 1. The van der Waals surface area contributed by atoms with Gasteiger partial charge < -0.3 is 14.5 Å². The predicted molar refractivity (Wildman–Crippen MR) is 102 cm³/mol. The smallest absolute Gasteiger partial charge is 0.338 e. The molecule has 134 valence electrons. The maximum absolute atomic E-state index is 11.7. The molecule has 1 N–H and O–H groups in total. The van der Waals surface area contributed by atoms with Crippen LogP contribution in [-0.2, 0) is 11.3 Å². The van der Waals surface area contributed by atoms with Crippen LogP contribution >= 0.6 is 0 Å². The molecule has 1 atom stereocenters. The average Bonchev–Trinajstić information content (AvgIpc) is 3.16. The van der Waals surface area contributed by atoms with Crippen molar-refractivity contribution in [3.05, 3.63) is 83.6 Å². The lowest BCUT2D eigenvalue weighted by Gasteiger charge is -2.12. The van der Waals surface area contributed by atoms with Gasteiger partial charge in [-0.3, -0.25) is 0 Å². The average molecular weight is 349 g/mol. The summed E-state index contributed by atoms with van der Waals surface area (Å²) in [7, 11) is 0. The molecule has 3 rings (SSSR count). The quantitative estimate of drug-likeness (QED) is 0.612. The molecule has 0 saturated carbocycles. The molecule has 0 amide bonds. The van der Waals surface area contributed by atoms with Crippen molar-refractivity contribution < 1.29 is 13.9 Å². The Hall–Kier alpha value is -2.85. The molecule has 4 nitrogen and oxygen atoms in total. The third-order valence-corrected chi connectivity index (χ3v) is 4.22. The molecule has 0 saturated heterocycles. The SMILES string of the molecule is CCOC(=O)c1ccc(-c2ccc(CN[C@H](C)c3ccccc3)o2)cc1. The summed E-state index contributed by atoms with van der Waals surface area (Å²) in [6, 6.07) is 21.7. The monoisotopic (exact) mass is 349 g/mol. The minimum absolute atomic E-state index is 0.244. The summed E-state index contributed by atoms with van der Waals surface area (Å²) in [5.74, 6) is 1.35. The third kappa shape index (κ3) is 4.41. The summed E-state index contributed by atoms with van der Waals surface area (Å²) in [5.41, 5.74) is 2.72. The Morgan fingerprint density at radius 2 is 1.77 bits per heavy atom. The Morgan fingerprint density at radius 3 is 2.46 bits per heavy atom. The van der Waals surface area contributed by atoms with Crippen molar-refractivity contribution in [1.29, 1.82) is 0 Å². The number of hydrogen-bond acceptors (Lipinski definition) is 4. The van der Waals surface area contributed by atoms with Crippen LogP contribution in [0.4, 0.5) is 0 Å². The normalized spacial score (nSPS) is 11.9. The summed E-state index contributed by atoms with van der Waals surface area (Å²) in [6.07, 6.45) is 0.